The largest absolute Gasteiger partial charge is 0.361 e. The third-order valence-electron chi connectivity index (χ3n) is 6.33. The van der Waals surface area contributed by atoms with Gasteiger partial charge in [0.05, 0.1) is 0 Å². The molecular weight excluding hydrogens is 438 g/mol. The van der Waals surface area contributed by atoms with Crippen molar-refractivity contribution in [2.24, 2.45) is 0 Å². The molecule has 0 bridgehead atoms. The fraction of sp³-hybridized carbons (Fsp3) is 0.536. The zero-order valence-electron chi connectivity index (χ0n) is 21.7. The maximum atomic E-state index is 13.4. The Bertz CT molecular complexity index is 1090. The fourth-order valence-corrected chi connectivity index (χ4v) is 4.92. The van der Waals surface area contributed by atoms with E-state index in [0.29, 0.717) is 12.4 Å². The van der Waals surface area contributed by atoms with Crippen LogP contribution in [0.3, 0.4) is 0 Å². The van der Waals surface area contributed by atoms with E-state index < -0.39 is 8.07 Å². The number of imidazole rings is 1. The third kappa shape index (κ3) is 7.01. The molecule has 1 aromatic heterocycles. The van der Waals surface area contributed by atoms with E-state index in [9.17, 15) is 10.1 Å². The van der Waals surface area contributed by atoms with Crippen molar-refractivity contribution in [3.8, 4) is 6.07 Å². The predicted octanol–water partition coefficient (Wildman–Crippen LogP) is 6.75. The Kier molecular flexibility index (Phi) is 8.32. The number of carbonyl (C=O) groups is 1. The maximum Gasteiger partial charge on any atom is 0.202 e. The van der Waals surface area contributed by atoms with Crippen LogP contribution in [0.4, 0.5) is 0 Å². The van der Waals surface area contributed by atoms with E-state index in [-0.39, 0.29) is 30.0 Å². The van der Waals surface area contributed by atoms with Gasteiger partial charge in [-0.25, -0.2) is 4.98 Å². The SMILES string of the molecule is CC(C)(C)c1ccc(CC(=O)c2nc(C#N)cn2COCC[Si](C)(C)C)c(C2=CCCCC2)c1. The van der Waals surface area contributed by atoms with E-state index in [2.05, 4.69) is 75.7 Å². The quantitative estimate of drug-likeness (QED) is 0.228. The van der Waals surface area contributed by atoms with Gasteiger partial charge in [-0.1, -0.05) is 64.7 Å². The number of nitrogens with zero attached hydrogens (tertiary/aromatic N) is 3. The van der Waals surface area contributed by atoms with E-state index in [1.165, 1.54) is 29.5 Å². The summed E-state index contributed by atoms with van der Waals surface area (Å²) in [5.74, 6) is 0.212. The maximum absolute atomic E-state index is 13.4. The summed E-state index contributed by atoms with van der Waals surface area (Å²) in [6.07, 6.45) is 8.76. The van der Waals surface area contributed by atoms with Crippen LogP contribution in [0.1, 0.15) is 79.5 Å². The van der Waals surface area contributed by atoms with Gasteiger partial charge in [0.25, 0.3) is 0 Å². The minimum absolute atomic E-state index is 0.0394. The van der Waals surface area contributed by atoms with Gasteiger partial charge in [0.2, 0.25) is 5.78 Å². The molecule has 0 saturated heterocycles. The van der Waals surface area contributed by atoms with Gasteiger partial charge >= 0.3 is 0 Å². The van der Waals surface area contributed by atoms with Crippen molar-refractivity contribution >= 4 is 19.4 Å². The molecule has 0 unspecified atom stereocenters. The summed E-state index contributed by atoms with van der Waals surface area (Å²) in [6, 6.07) is 9.63. The number of allylic oxidation sites excluding steroid dienone is 2. The standard InChI is InChI=1S/C28H39N3O2Si/c1-28(2,3)23-13-12-22(25(17-23)21-10-8-7-9-11-21)16-26(32)27-30-24(18-29)19-31(27)20-33-14-15-34(4,5)6/h10,12-13,17,19H,7-9,11,14-16,20H2,1-6H3. The number of carbonyl (C=O) groups excluding carboxylic acids is 1. The van der Waals surface area contributed by atoms with E-state index >= 15 is 0 Å². The highest BCUT2D eigenvalue weighted by Gasteiger charge is 2.22. The molecule has 1 aromatic carbocycles. The lowest BCUT2D eigenvalue weighted by atomic mass is 9.81. The molecule has 0 saturated carbocycles. The van der Waals surface area contributed by atoms with E-state index in [1.807, 2.05) is 0 Å². The van der Waals surface area contributed by atoms with Crippen LogP contribution in [0.25, 0.3) is 5.57 Å². The van der Waals surface area contributed by atoms with Gasteiger partial charge < -0.3 is 9.30 Å². The first-order valence-electron chi connectivity index (χ1n) is 12.4. The Morgan fingerprint density at radius 1 is 1.24 bits per heavy atom. The molecule has 6 heteroatoms. The molecular formula is C28H39N3O2Si. The van der Waals surface area contributed by atoms with Gasteiger partial charge in [-0.05, 0) is 59.4 Å². The Morgan fingerprint density at radius 2 is 2.00 bits per heavy atom. The highest BCUT2D eigenvalue weighted by atomic mass is 28.3. The van der Waals surface area contributed by atoms with Crippen molar-refractivity contribution in [2.75, 3.05) is 6.61 Å². The molecule has 182 valence electrons. The first kappa shape index (κ1) is 26.1. The van der Waals surface area contributed by atoms with Gasteiger partial charge in [-0.2, -0.15) is 5.26 Å². The van der Waals surface area contributed by atoms with Gasteiger partial charge in [0, 0.05) is 27.3 Å². The van der Waals surface area contributed by atoms with Crippen molar-refractivity contribution in [3.05, 3.63) is 58.7 Å². The minimum atomic E-state index is -1.20. The van der Waals surface area contributed by atoms with Crippen molar-refractivity contribution < 1.29 is 9.53 Å². The number of hydrogen-bond acceptors (Lipinski definition) is 4. The van der Waals surface area contributed by atoms with Crippen LogP contribution in [0.5, 0.6) is 0 Å². The van der Waals surface area contributed by atoms with Crippen molar-refractivity contribution in [1.29, 1.82) is 5.26 Å². The van der Waals surface area contributed by atoms with E-state index in [0.717, 1.165) is 24.4 Å². The van der Waals surface area contributed by atoms with Crippen LogP contribution in [-0.2, 0) is 23.3 Å². The molecule has 1 heterocycles. The first-order chi connectivity index (χ1) is 16.0. The molecule has 0 radical (unpaired) electrons. The van der Waals surface area contributed by atoms with Crippen molar-refractivity contribution in [2.45, 2.75) is 90.7 Å². The zero-order chi connectivity index (χ0) is 24.9. The molecule has 0 spiro atoms. The second kappa shape index (κ2) is 10.8. The summed E-state index contributed by atoms with van der Waals surface area (Å²) in [7, 11) is -1.20. The molecule has 2 aromatic rings. The molecule has 0 N–H and O–H groups in total. The summed E-state index contributed by atoms with van der Waals surface area (Å²) in [4.78, 5) is 17.7. The Balaban J connectivity index is 1.85. The van der Waals surface area contributed by atoms with Crippen molar-refractivity contribution in [1.82, 2.24) is 9.55 Å². The van der Waals surface area contributed by atoms with E-state index in [4.69, 9.17) is 4.74 Å². The lowest BCUT2D eigenvalue weighted by Gasteiger charge is -2.23. The number of benzene rings is 1. The number of aromatic nitrogens is 2. The van der Waals surface area contributed by atoms with Gasteiger partial charge in [-0.15, -0.1) is 0 Å². The van der Waals surface area contributed by atoms with Gasteiger partial charge in [0.15, 0.2) is 11.5 Å². The smallest absolute Gasteiger partial charge is 0.202 e. The number of ketones is 1. The number of hydrogen-bond donors (Lipinski definition) is 0. The number of Topliss-reactive ketones (excluding diaryl/α,β-unsaturated/α-hetero) is 1. The minimum Gasteiger partial charge on any atom is -0.361 e. The van der Waals surface area contributed by atoms with Crippen LogP contribution in [-0.4, -0.2) is 30.0 Å². The number of nitriles is 1. The van der Waals surface area contributed by atoms with E-state index in [1.54, 1.807) is 10.8 Å². The highest BCUT2D eigenvalue weighted by Crippen LogP contribution is 2.33. The fourth-order valence-electron chi connectivity index (χ4n) is 4.16. The average molecular weight is 478 g/mol. The first-order valence-corrected chi connectivity index (χ1v) is 16.1. The molecule has 5 nitrogen and oxygen atoms in total. The topological polar surface area (TPSA) is 67.9 Å². The Labute approximate surface area is 205 Å². The molecule has 1 aliphatic carbocycles. The number of rotatable bonds is 9. The average Bonchev–Trinajstić information content (AvgIpc) is 3.20. The Morgan fingerprint density at radius 3 is 2.62 bits per heavy atom. The molecule has 0 atom stereocenters. The summed E-state index contributed by atoms with van der Waals surface area (Å²) in [5, 5.41) is 9.37. The second-order valence-corrected chi connectivity index (χ2v) is 17.2. The van der Waals surface area contributed by atoms with Crippen LogP contribution < -0.4 is 0 Å². The predicted molar refractivity (Wildman–Crippen MR) is 141 cm³/mol. The lowest BCUT2D eigenvalue weighted by molar-refractivity contribution is 0.0799. The monoisotopic (exact) mass is 477 g/mol. The van der Waals surface area contributed by atoms with Crippen LogP contribution in [0.2, 0.25) is 25.7 Å². The lowest BCUT2D eigenvalue weighted by Crippen LogP contribution is -2.22. The van der Waals surface area contributed by atoms with Crippen LogP contribution >= 0.6 is 0 Å². The number of ether oxygens (including phenoxy) is 1. The molecule has 0 fully saturated rings. The molecule has 0 amide bonds. The zero-order valence-corrected chi connectivity index (χ0v) is 22.7. The second-order valence-electron chi connectivity index (χ2n) is 11.6. The van der Waals surface area contributed by atoms with Crippen LogP contribution in [0, 0.1) is 11.3 Å². The van der Waals surface area contributed by atoms with Gasteiger partial charge in [0.1, 0.15) is 12.8 Å². The molecule has 3 rings (SSSR count). The molecule has 0 aliphatic heterocycles. The highest BCUT2D eigenvalue weighted by molar-refractivity contribution is 6.76. The summed E-state index contributed by atoms with van der Waals surface area (Å²) < 4.78 is 7.54. The van der Waals surface area contributed by atoms with Gasteiger partial charge in [-0.3, -0.25) is 4.79 Å². The van der Waals surface area contributed by atoms with Crippen LogP contribution in [0.15, 0.2) is 30.5 Å². The summed E-state index contributed by atoms with van der Waals surface area (Å²) in [6.45, 7) is 14.5. The normalized spacial score (nSPS) is 14.6. The summed E-state index contributed by atoms with van der Waals surface area (Å²) in [5.41, 5.74) is 5.11. The Hall–Kier alpha value is -2.49. The third-order valence-corrected chi connectivity index (χ3v) is 8.04. The van der Waals surface area contributed by atoms with Crippen molar-refractivity contribution in [3.63, 3.8) is 0 Å². The molecule has 1 aliphatic rings. The molecule has 34 heavy (non-hydrogen) atoms. The summed E-state index contributed by atoms with van der Waals surface area (Å²) >= 11 is 0.